The predicted octanol–water partition coefficient (Wildman–Crippen LogP) is 4.20. The van der Waals surface area contributed by atoms with Crippen LogP contribution in [0.1, 0.15) is 5.01 Å². The number of nitrogens with one attached hydrogen (secondary N) is 1. The van der Waals surface area contributed by atoms with Gasteiger partial charge in [-0.2, -0.15) is 10.4 Å². The molecule has 128 valence electrons. The van der Waals surface area contributed by atoms with Crippen molar-refractivity contribution in [2.45, 2.75) is 0 Å². The highest BCUT2D eigenvalue weighted by Crippen LogP contribution is 2.23. The van der Waals surface area contributed by atoms with Gasteiger partial charge in [0.2, 0.25) is 0 Å². The first-order valence-electron chi connectivity index (χ1n) is 7.27. The number of nitro benzene ring substituents is 1. The molecule has 1 heterocycles. The van der Waals surface area contributed by atoms with Gasteiger partial charge in [-0.15, -0.1) is 11.3 Å². The van der Waals surface area contributed by atoms with Crippen LogP contribution < -0.4 is 5.43 Å². The van der Waals surface area contributed by atoms with Gasteiger partial charge in [0.05, 0.1) is 16.3 Å². The summed E-state index contributed by atoms with van der Waals surface area (Å²) in [5.41, 5.74) is 4.27. The van der Waals surface area contributed by atoms with Crippen LogP contribution in [0.3, 0.4) is 0 Å². The summed E-state index contributed by atoms with van der Waals surface area (Å²) in [5, 5.41) is 26.2. The molecule has 3 aromatic rings. The lowest BCUT2D eigenvalue weighted by atomic mass is 10.2. The van der Waals surface area contributed by atoms with Gasteiger partial charge in [0.15, 0.2) is 10.7 Å². The molecule has 9 heteroatoms. The second kappa shape index (κ2) is 7.50. The fourth-order valence-corrected chi connectivity index (χ4v) is 2.83. The number of aromatic nitrogens is 1. The zero-order valence-corrected chi connectivity index (χ0v) is 13.9. The van der Waals surface area contributed by atoms with Crippen LogP contribution in [-0.2, 0) is 0 Å². The van der Waals surface area contributed by atoms with Crippen molar-refractivity contribution in [2.24, 2.45) is 5.10 Å². The smallest absolute Gasteiger partial charge is 0.271 e. The quantitative estimate of drug-likeness (QED) is 0.413. The van der Waals surface area contributed by atoms with E-state index in [9.17, 15) is 19.8 Å². The summed E-state index contributed by atoms with van der Waals surface area (Å²) >= 11 is 1.22. The summed E-state index contributed by atoms with van der Waals surface area (Å²) < 4.78 is 13.0. The molecule has 3 rings (SSSR count). The van der Waals surface area contributed by atoms with E-state index in [2.05, 4.69) is 15.5 Å². The van der Waals surface area contributed by atoms with Crippen LogP contribution >= 0.6 is 11.3 Å². The zero-order chi connectivity index (χ0) is 18.5. The number of halogens is 1. The maximum absolute atomic E-state index is 13.0. The van der Waals surface area contributed by atoms with E-state index in [1.165, 1.54) is 41.7 Å². The first kappa shape index (κ1) is 17.2. The van der Waals surface area contributed by atoms with Crippen LogP contribution in [0, 0.1) is 27.3 Å². The van der Waals surface area contributed by atoms with E-state index >= 15 is 0 Å². The summed E-state index contributed by atoms with van der Waals surface area (Å²) in [6.07, 6.45) is 0. The Kier molecular flexibility index (Phi) is 4.96. The Bertz CT molecular complexity index is 1020. The van der Waals surface area contributed by atoms with Crippen LogP contribution in [0.2, 0.25) is 0 Å². The number of thiazole rings is 1. The maximum Gasteiger partial charge on any atom is 0.271 e. The number of rotatable bonds is 5. The average Bonchev–Trinajstić information content (AvgIpc) is 3.13. The van der Waals surface area contributed by atoms with Gasteiger partial charge in [-0.25, -0.2) is 9.37 Å². The Morgan fingerprint density at radius 1 is 1.31 bits per heavy atom. The van der Waals surface area contributed by atoms with Gasteiger partial charge in [-0.05, 0) is 30.3 Å². The summed E-state index contributed by atoms with van der Waals surface area (Å²) in [5.74, 6) is -0.343. The molecule has 0 fully saturated rings. The molecule has 1 aromatic heterocycles. The van der Waals surface area contributed by atoms with Crippen molar-refractivity contribution in [2.75, 3.05) is 5.43 Å². The van der Waals surface area contributed by atoms with E-state index in [1.807, 2.05) is 6.07 Å². The predicted molar refractivity (Wildman–Crippen MR) is 96.4 cm³/mol. The van der Waals surface area contributed by atoms with Gasteiger partial charge in [-0.1, -0.05) is 6.07 Å². The second-order valence-corrected chi connectivity index (χ2v) is 5.89. The molecule has 0 saturated heterocycles. The Morgan fingerprint density at radius 3 is 2.77 bits per heavy atom. The third kappa shape index (κ3) is 3.88. The van der Waals surface area contributed by atoms with E-state index in [0.29, 0.717) is 16.4 Å². The molecule has 0 amide bonds. The zero-order valence-electron chi connectivity index (χ0n) is 13.1. The van der Waals surface area contributed by atoms with Gasteiger partial charge in [0.25, 0.3) is 5.69 Å². The van der Waals surface area contributed by atoms with Crippen LogP contribution in [0.4, 0.5) is 15.8 Å². The van der Waals surface area contributed by atoms with E-state index in [0.717, 1.165) is 5.56 Å². The van der Waals surface area contributed by atoms with Crippen molar-refractivity contribution in [1.82, 2.24) is 4.98 Å². The Balaban J connectivity index is 1.82. The van der Waals surface area contributed by atoms with Crippen LogP contribution in [0.5, 0.6) is 0 Å². The Morgan fingerprint density at radius 2 is 2.08 bits per heavy atom. The third-order valence-electron chi connectivity index (χ3n) is 3.31. The molecule has 0 spiro atoms. The molecule has 0 aliphatic rings. The average molecular weight is 367 g/mol. The Labute approximate surface area is 151 Å². The topological polar surface area (TPSA) is 104 Å². The molecule has 0 atom stereocenters. The first-order valence-corrected chi connectivity index (χ1v) is 8.15. The highest BCUT2D eigenvalue weighted by Gasteiger charge is 2.11. The minimum atomic E-state index is -0.518. The molecule has 0 radical (unpaired) electrons. The number of non-ortho nitro benzene ring substituents is 1. The molecule has 2 aromatic carbocycles. The van der Waals surface area contributed by atoms with E-state index in [-0.39, 0.29) is 17.2 Å². The van der Waals surface area contributed by atoms with Gasteiger partial charge in [0.1, 0.15) is 11.9 Å². The van der Waals surface area contributed by atoms with Crippen molar-refractivity contribution in [3.63, 3.8) is 0 Å². The summed E-state index contributed by atoms with van der Waals surface area (Å²) in [4.78, 5) is 14.6. The standard InChI is InChI=1S/C17H10FN5O2S/c18-12-6-4-11(5-7-12)16-10-26-17(20-16)15(9-19)22-21-13-2-1-3-14(8-13)23(24)25/h1-8,10,21H/b22-15+. The Hall–Kier alpha value is -3.64. The highest BCUT2D eigenvalue weighted by molar-refractivity contribution is 7.12. The normalized spacial score (nSPS) is 11.0. The van der Waals surface area contributed by atoms with Crippen LogP contribution in [0.25, 0.3) is 11.3 Å². The lowest BCUT2D eigenvalue weighted by Crippen LogP contribution is -2.01. The number of benzene rings is 2. The molecule has 0 aliphatic carbocycles. The largest absolute Gasteiger partial charge is 0.277 e. The van der Waals surface area contributed by atoms with Crippen molar-refractivity contribution in [1.29, 1.82) is 5.26 Å². The van der Waals surface area contributed by atoms with Gasteiger partial charge >= 0.3 is 0 Å². The number of hydrazone groups is 1. The summed E-state index contributed by atoms with van der Waals surface area (Å²) in [6.45, 7) is 0. The monoisotopic (exact) mass is 367 g/mol. The second-order valence-electron chi connectivity index (χ2n) is 5.04. The molecule has 0 aliphatic heterocycles. The molecular formula is C17H10FN5O2S. The number of hydrogen-bond donors (Lipinski definition) is 1. The van der Waals surface area contributed by atoms with Crippen LogP contribution in [0.15, 0.2) is 59.0 Å². The van der Waals surface area contributed by atoms with Gasteiger partial charge in [-0.3, -0.25) is 15.5 Å². The van der Waals surface area contributed by atoms with E-state index < -0.39 is 4.92 Å². The minimum absolute atomic E-state index is 0.0369. The van der Waals surface area contributed by atoms with Gasteiger partial charge < -0.3 is 0 Å². The van der Waals surface area contributed by atoms with E-state index in [1.54, 1.807) is 23.6 Å². The molecule has 0 bridgehead atoms. The molecular weight excluding hydrogens is 357 g/mol. The molecule has 1 N–H and O–H groups in total. The fraction of sp³-hybridized carbons (Fsp3) is 0. The lowest BCUT2D eigenvalue weighted by molar-refractivity contribution is -0.384. The SMILES string of the molecule is N#C/C(=N\Nc1cccc([N+](=O)[O-])c1)c1nc(-c2ccc(F)cc2)cs1. The number of nitriles is 1. The number of nitrogens with zero attached hydrogens (tertiary/aromatic N) is 4. The maximum atomic E-state index is 13.0. The summed E-state index contributed by atoms with van der Waals surface area (Å²) in [7, 11) is 0. The van der Waals surface area contributed by atoms with Crippen molar-refractivity contribution >= 4 is 28.4 Å². The number of nitro groups is 1. The van der Waals surface area contributed by atoms with Crippen molar-refractivity contribution in [3.05, 3.63) is 74.9 Å². The van der Waals surface area contributed by atoms with Gasteiger partial charge in [0, 0.05) is 23.1 Å². The van der Waals surface area contributed by atoms with Crippen molar-refractivity contribution in [3.8, 4) is 17.3 Å². The number of anilines is 1. The summed E-state index contributed by atoms with van der Waals surface area (Å²) in [6, 6.07) is 13.6. The molecule has 26 heavy (non-hydrogen) atoms. The third-order valence-corrected chi connectivity index (χ3v) is 4.16. The number of hydrogen-bond acceptors (Lipinski definition) is 7. The van der Waals surface area contributed by atoms with Crippen LogP contribution in [-0.4, -0.2) is 15.6 Å². The van der Waals surface area contributed by atoms with E-state index in [4.69, 9.17) is 0 Å². The molecule has 0 unspecified atom stereocenters. The minimum Gasteiger partial charge on any atom is -0.277 e. The molecule has 7 nitrogen and oxygen atoms in total. The lowest BCUT2D eigenvalue weighted by Gasteiger charge is -2.00. The highest BCUT2D eigenvalue weighted by atomic mass is 32.1. The fourth-order valence-electron chi connectivity index (χ4n) is 2.07. The first-order chi connectivity index (χ1) is 12.6. The van der Waals surface area contributed by atoms with Crippen molar-refractivity contribution < 1.29 is 9.31 Å². The molecule has 0 saturated carbocycles.